The van der Waals surface area contributed by atoms with Gasteiger partial charge in [0.15, 0.2) is 5.75 Å². The highest BCUT2D eigenvalue weighted by atomic mass is 35.5. The monoisotopic (exact) mass is 257 g/mol. The van der Waals surface area contributed by atoms with Crippen molar-refractivity contribution in [3.8, 4) is 11.6 Å². The van der Waals surface area contributed by atoms with Crippen molar-refractivity contribution in [1.82, 2.24) is 4.98 Å². The molecule has 0 saturated heterocycles. The summed E-state index contributed by atoms with van der Waals surface area (Å²) in [6.45, 7) is 0. The van der Waals surface area contributed by atoms with Gasteiger partial charge in [0.1, 0.15) is 0 Å². The second-order valence-corrected chi connectivity index (χ2v) is 2.94. The van der Waals surface area contributed by atoms with E-state index in [0.29, 0.717) is 0 Å². The number of alkyl halides is 4. The van der Waals surface area contributed by atoms with Crippen LogP contribution in [-0.4, -0.2) is 18.5 Å². The second kappa shape index (κ2) is 4.65. The Labute approximate surface area is 92.9 Å². The molecule has 0 spiro atoms. The van der Waals surface area contributed by atoms with Gasteiger partial charge in [0.05, 0.1) is 24.8 Å². The van der Waals surface area contributed by atoms with E-state index in [1.807, 2.05) is 0 Å². The summed E-state index contributed by atoms with van der Waals surface area (Å²) >= 11 is 5.37. The van der Waals surface area contributed by atoms with Crippen molar-refractivity contribution < 1.29 is 22.6 Å². The minimum Gasteiger partial charge on any atom is -0.491 e. The fourth-order valence-corrected chi connectivity index (χ4v) is 1.26. The van der Waals surface area contributed by atoms with E-state index in [9.17, 15) is 18.0 Å². The first-order chi connectivity index (χ1) is 7.39. The molecule has 16 heavy (non-hydrogen) atoms. The van der Waals surface area contributed by atoms with Crippen LogP contribution < -0.4 is 14.9 Å². The molecule has 0 aromatic carbocycles. The van der Waals surface area contributed by atoms with E-state index in [1.54, 1.807) is 0 Å². The number of rotatable bonds is 3. The molecule has 0 radical (unpaired) electrons. The van der Waals surface area contributed by atoms with Crippen molar-refractivity contribution >= 4 is 11.6 Å². The third kappa shape index (κ3) is 2.82. The van der Waals surface area contributed by atoms with Crippen LogP contribution in [0.4, 0.5) is 13.2 Å². The van der Waals surface area contributed by atoms with Gasteiger partial charge in [-0.3, -0.25) is 4.79 Å². The first-order valence-corrected chi connectivity index (χ1v) is 4.52. The van der Waals surface area contributed by atoms with Crippen LogP contribution in [0.15, 0.2) is 11.0 Å². The van der Waals surface area contributed by atoms with E-state index in [1.165, 1.54) is 7.11 Å². The zero-order valence-electron chi connectivity index (χ0n) is 8.02. The molecule has 0 atom stereocenters. The molecule has 0 aliphatic rings. The van der Waals surface area contributed by atoms with Gasteiger partial charge < -0.3 is 14.5 Å². The molecule has 1 heterocycles. The predicted octanol–water partition coefficient (Wildman–Crippen LogP) is 2.02. The molecule has 1 N–H and O–H groups in total. The van der Waals surface area contributed by atoms with Gasteiger partial charge in [-0.15, -0.1) is 24.8 Å². The van der Waals surface area contributed by atoms with Crippen molar-refractivity contribution in [2.24, 2.45) is 0 Å². The molecule has 8 heteroatoms. The van der Waals surface area contributed by atoms with Crippen LogP contribution in [0.1, 0.15) is 5.56 Å². The van der Waals surface area contributed by atoms with Crippen LogP contribution in [0.3, 0.4) is 0 Å². The van der Waals surface area contributed by atoms with Crippen molar-refractivity contribution in [1.29, 1.82) is 0 Å². The third-order valence-electron chi connectivity index (χ3n) is 1.68. The van der Waals surface area contributed by atoms with Crippen LogP contribution in [-0.2, 0) is 5.88 Å². The summed E-state index contributed by atoms with van der Waals surface area (Å²) in [4.78, 5) is 13.6. The van der Waals surface area contributed by atoms with Crippen molar-refractivity contribution in [3.05, 3.63) is 22.0 Å². The maximum absolute atomic E-state index is 12.0. The molecule has 4 nitrogen and oxygen atoms in total. The fourth-order valence-electron chi connectivity index (χ4n) is 1.02. The quantitative estimate of drug-likeness (QED) is 0.843. The van der Waals surface area contributed by atoms with Gasteiger partial charge in [-0.25, -0.2) is 0 Å². The van der Waals surface area contributed by atoms with Crippen molar-refractivity contribution in [3.63, 3.8) is 0 Å². The Bertz CT molecular complexity index is 430. The number of hydrogen-bond donors (Lipinski definition) is 1. The standard InChI is InChI=1S/C8H7ClF3NO3/c1-15-5-3-13-7(16-8(10,11)12)4(2-9)6(5)14/h3H,2H2,1H3,(H,13,14). The lowest BCUT2D eigenvalue weighted by Crippen LogP contribution is -2.22. The smallest absolute Gasteiger partial charge is 0.491 e. The summed E-state index contributed by atoms with van der Waals surface area (Å²) in [5.41, 5.74) is -1.08. The molecule has 0 bridgehead atoms. The van der Waals surface area contributed by atoms with Crippen LogP contribution in [0.5, 0.6) is 11.6 Å². The summed E-state index contributed by atoms with van der Waals surface area (Å²) in [5.74, 6) is -1.28. The summed E-state index contributed by atoms with van der Waals surface area (Å²) < 4.78 is 44.1. The SMILES string of the molecule is COc1c[nH]c(OC(F)(F)F)c(CCl)c1=O. The van der Waals surface area contributed by atoms with Crippen LogP contribution in [0, 0.1) is 0 Å². The van der Waals surface area contributed by atoms with Crippen molar-refractivity contribution in [2.45, 2.75) is 12.2 Å². The van der Waals surface area contributed by atoms with Gasteiger partial charge >= 0.3 is 6.36 Å². The fraction of sp³-hybridized carbons (Fsp3) is 0.375. The Kier molecular flexibility index (Phi) is 3.69. The van der Waals surface area contributed by atoms with Crippen LogP contribution in [0.25, 0.3) is 0 Å². The molecule has 1 aromatic rings. The maximum atomic E-state index is 12.0. The number of H-pyrrole nitrogens is 1. The largest absolute Gasteiger partial charge is 0.574 e. The Hall–Kier alpha value is -1.37. The average Bonchev–Trinajstić information content (AvgIpc) is 2.16. The molecule has 0 saturated carbocycles. The predicted molar refractivity (Wildman–Crippen MR) is 49.9 cm³/mol. The molecule has 0 unspecified atom stereocenters. The highest BCUT2D eigenvalue weighted by molar-refractivity contribution is 6.17. The molecular weight excluding hydrogens is 251 g/mol. The zero-order chi connectivity index (χ0) is 12.3. The van der Waals surface area contributed by atoms with Crippen LogP contribution in [0.2, 0.25) is 0 Å². The molecule has 0 aliphatic heterocycles. The maximum Gasteiger partial charge on any atom is 0.574 e. The molecule has 90 valence electrons. The molecule has 1 rings (SSSR count). The highest BCUT2D eigenvalue weighted by Gasteiger charge is 2.33. The normalized spacial score (nSPS) is 11.3. The number of halogens is 4. The topological polar surface area (TPSA) is 51.3 Å². The Morgan fingerprint density at radius 1 is 1.50 bits per heavy atom. The highest BCUT2D eigenvalue weighted by Crippen LogP contribution is 2.24. The molecule has 0 aliphatic carbocycles. The van der Waals surface area contributed by atoms with Gasteiger partial charge in [0, 0.05) is 0 Å². The van der Waals surface area contributed by atoms with Crippen molar-refractivity contribution in [2.75, 3.05) is 7.11 Å². The van der Waals surface area contributed by atoms with Gasteiger partial charge in [-0.1, -0.05) is 0 Å². The van der Waals surface area contributed by atoms with Gasteiger partial charge in [-0.2, -0.15) is 0 Å². The van der Waals surface area contributed by atoms with Gasteiger partial charge in [0.25, 0.3) is 0 Å². The number of hydrogen-bond acceptors (Lipinski definition) is 3. The van der Waals surface area contributed by atoms with E-state index in [-0.39, 0.29) is 11.3 Å². The molecule has 0 amide bonds. The first kappa shape index (κ1) is 12.7. The number of aromatic amines is 1. The Balaban J connectivity index is 3.21. The number of nitrogens with one attached hydrogen (secondary N) is 1. The number of methoxy groups -OCH3 is 1. The molecule has 1 aromatic heterocycles. The van der Waals surface area contributed by atoms with E-state index in [4.69, 9.17) is 11.6 Å². The van der Waals surface area contributed by atoms with E-state index in [2.05, 4.69) is 14.5 Å². The second-order valence-electron chi connectivity index (χ2n) is 2.68. The van der Waals surface area contributed by atoms with Crippen LogP contribution >= 0.6 is 11.6 Å². The number of pyridine rings is 1. The van der Waals surface area contributed by atoms with Gasteiger partial charge in [-0.05, 0) is 0 Å². The summed E-state index contributed by atoms with van der Waals surface area (Å²) in [7, 11) is 1.22. The number of ether oxygens (including phenoxy) is 2. The van der Waals surface area contributed by atoms with E-state index < -0.39 is 23.6 Å². The number of aromatic nitrogens is 1. The summed E-state index contributed by atoms with van der Waals surface area (Å²) in [6.07, 6.45) is -3.92. The lowest BCUT2D eigenvalue weighted by atomic mass is 10.3. The third-order valence-corrected chi connectivity index (χ3v) is 1.94. The first-order valence-electron chi connectivity index (χ1n) is 3.99. The lowest BCUT2D eigenvalue weighted by molar-refractivity contribution is -0.276. The minimum absolute atomic E-state index is 0.134. The Morgan fingerprint density at radius 2 is 2.12 bits per heavy atom. The summed E-state index contributed by atoms with van der Waals surface area (Å²) in [6, 6.07) is 0. The van der Waals surface area contributed by atoms with E-state index >= 15 is 0 Å². The molecule has 0 fully saturated rings. The average molecular weight is 258 g/mol. The molecular formula is C8H7ClF3NO3. The zero-order valence-corrected chi connectivity index (χ0v) is 8.78. The Morgan fingerprint density at radius 3 is 2.56 bits per heavy atom. The lowest BCUT2D eigenvalue weighted by Gasteiger charge is -2.11. The minimum atomic E-state index is -4.89. The van der Waals surface area contributed by atoms with Gasteiger partial charge in [0.2, 0.25) is 11.3 Å². The van der Waals surface area contributed by atoms with E-state index in [0.717, 1.165) is 6.20 Å². The summed E-state index contributed by atoms with van der Waals surface area (Å²) in [5, 5.41) is 0.